The number of sulfonamides is 1. The predicted octanol–water partition coefficient (Wildman–Crippen LogP) is 3.61. The molecule has 5 rings (SSSR count). The molecule has 2 aromatic heterocycles. The Morgan fingerprint density at radius 3 is 2.31 bits per heavy atom. The van der Waals surface area contributed by atoms with Gasteiger partial charge in [0.1, 0.15) is 0 Å². The Balaban J connectivity index is 1.29. The fourth-order valence-corrected chi connectivity index (χ4v) is 4.56. The third-order valence-corrected chi connectivity index (χ3v) is 7.08. The number of halogens is 3. The average molecular weight is 599 g/mol. The van der Waals surface area contributed by atoms with E-state index in [1.54, 1.807) is 18.2 Å². The third-order valence-electron chi connectivity index (χ3n) is 6.15. The van der Waals surface area contributed by atoms with Gasteiger partial charge in [-0.3, -0.25) is 4.79 Å². The molecular weight excluding hydrogens is 577 g/mol. The van der Waals surface area contributed by atoms with E-state index in [9.17, 15) is 31.5 Å². The van der Waals surface area contributed by atoms with Gasteiger partial charge in [0.05, 0.1) is 22.3 Å². The Morgan fingerprint density at radius 1 is 1.02 bits per heavy atom. The second kappa shape index (κ2) is 11.2. The summed E-state index contributed by atoms with van der Waals surface area (Å²) in [5.41, 5.74) is -0.0988. The van der Waals surface area contributed by atoms with Crippen molar-refractivity contribution in [3.63, 3.8) is 0 Å². The van der Waals surface area contributed by atoms with E-state index in [2.05, 4.69) is 20.6 Å². The number of hydrogen-bond donors (Lipinski definition) is 3. The highest BCUT2D eigenvalue weighted by molar-refractivity contribution is 7.89. The van der Waals surface area contributed by atoms with Gasteiger partial charge in [-0.25, -0.2) is 18.2 Å². The first-order chi connectivity index (χ1) is 19.9. The Hall–Kier alpha value is -4.86. The fraction of sp³-hybridized carbons (Fsp3) is 0.111. The number of aliphatic hydroxyl groups is 1. The first-order valence-electron chi connectivity index (χ1n) is 12.1. The number of rotatable bonds is 8. The predicted molar refractivity (Wildman–Crippen MR) is 142 cm³/mol. The monoisotopic (exact) mass is 598 g/mol. The molecule has 0 saturated heterocycles. The minimum absolute atomic E-state index is 0.0148. The van der Waals surface area contributed by atoms with Gasteiger partial charge in [-0.1, -0.05) is 59.8 Å². The van der Waals surface area contributed by atoms with E-state index in [1.165, 1.54) is 60.7 Å². The molecule has 216 valence electrons. The number of aliphatic hydroxyl groups excluding tert-OH is 1. The molecule has 11 nitrogen and oxygen atoms in total. The molecule has 0 bridgehead atoms. The number of nitrogens with two attached hydrogens (primary N) is 1. The molecule has 0 fully saturated rings. The molecular formula is C27H21F3N6O5S. The van der Waals surface area contributed by atoms with Crippen LogP contribution in [-0.2, 0) is 27.5 Å². The standard InChI is InChI=1S/C27H21F3N6O5S/c28-27(29,30)23-21(15-33-36(23)19-4-2-1-3-5-19)26-34-24(35-41-26)18-10-8-17(9-11-18)22(37)25(38)32-14-16-6-12-20(13-7-16)42(31,39)40/h1-13,15,22,37H,14H2,(H,32,38)(H2,31,39,40)/t22-/m1/s1. The van der Waals surface area contributed by atoms with Gasteiger partial charge in [-0.05, 0) is 35.4 Å². The maximum absolute atomic E-state index is 14.0. The number of primary sulfonamides is 1. The second-order valence-corrected chi connectivity index (χ2v) is 10.6. The second-order valence-electron chi connectivity index (χ2n) is 9.01. The fourth-order valence-electron chi connectivity index (χ4n) is 4.04. The van der Waals surface area contributed by atoms with Gasteiger partial charge in [0, 0.05) is 12.1 Å². The van der Waals surface area contributed by atoms with Crippen molar-refractivity contribution in [1.29, 1.82) is 0 Å². The minimum Gasteiger partial charge on any atom is -0.378 e. The SMILES string of the molecule is NS(=O)(=O)c1ccc(CNC(=O)[C@H](O)c2ccc(-c3noc(-c4cnn(-c5ccccc5)c4C(F)(F)F)n3)cc2)cc1. The van der Waals surface area contributed by atoms with E-state index in [-0.39, 0.29) is 34.4 Å². The summed E-state index contributed by atoms with van der Waals surface area (Å²) >= 11 is 0. The highest BCUT2D eigenvalue weighted by Crippen LogP contribution is 2.38. The summed E-state index contributed by atoms with van der Waals surface area (Å²) < 4.78 is 70.6. The van der Waals surface area contributed by atoms with Crippen LogP contribution in [0.5, 0.6) is 0 Å². The number of benzene rings is 3. The molecule has 4 N–H and O–H groups in total. The Kier molecular flexibility index (Phi) is 7.64. The van der Waals surface area contributed by atoms with Crippen LogP contribution in [0.2, 0.25) is 0 Å². The molecule has 0 radical (unpaired) electrons. The highest BCUT2D eigenvalue weighted by atomic mass is 32.2. The van der Waals surface area contributed by atoms with Gasteiger partial charge in [-0.2, -0.15) is 23.3 Å². The van der Waals surface area contributed by atoms with E-state index < -0.39 is 39.5 Å². The van der Waals surface area contributed by atoms with Crippen molar-refractivity contribution >= 4 is 15.9 Å². The van der Waals surface area contributed by atoms with Crippen LogP contribution < -0.4 is 10.5 Å². The van der Waals surface area contributed by atoms with Gasteiger partial charge >= 0.3 is 6.18 Å². The summed E-state index contributed by atoms with van der Waals surface area (Å²) in [7, 11) is -3.85. The highest BCUT2D eigenvalue weighted by Gasteiger charge is 2.40. The molecule has 1 atom stereocenters. The van der Waals surface area contributed by atoms with E-state index in [1.807, 2.05) is 0 Å². The molecule has 42 heavy (non-hydrogen) atoms. The first kappa shape index (κ1) is 28.7. The number of para-hydroxylation sites is 1. The molecule has 0 aliphatic heterocycles. The van der Waals surface area contributed by atoms with Gasteiger partial charge < -0.3 is 14.9 Å². The Morgan fingerprint density at radius 2 is 1.69 bits per heavy atom. The number of amides is 1. The normalized spacial score (nSPS) is 12.7. The quantitative estimate of drug-likeness (QED) is 0.244. The van der Waals surface area contributed by atoms with Crippen molar-refractivity contribution in [2.45, 2.75) is 23.7 Å². The lowest BCUT2D eigenvalue weighted by Gasteiger charge is -2.12. The molecule has 1 amide bonds. The summed E-state index contributed by atoms with van der Waals surface area (Å²) in [5, 5.41) is 25.7. The minimum atomic E-state index is -4.77. The maximum Gasteiger partial charge on any atom is 0.434 e. The number of carbonyl (C=O) groups is 1. The lowest BCUT2D eigenvalue weighted by molar-refractivity contribution is -0.142. The number of alkyl halides is 3. The number of hydrogen-bond acceptors (Lipinski definition) is 8. The molecule has 0 saturated carbocycles. The van der Waals surface area contributed by atoms with E-state index in [4.69, 9.17) is 9.66 Å². The zero-order valence-corrected chi connectivity index (χ0v) is 22.2. The average Bonchev–Trinajstić information content (AvgIpc) is 3.64. The van der Waals surface area contributed by atoms with Crippen LogP contribution in [0.25, 0.3) is 28.5 Å². The lowest BCUT2D eigenvalue weighted by Crippen LogP contribution is -2.28. The summed E-state index contributed by atoms with van der Waals surface area (Å²) in [5.74, 6) is -1.12. The van der Waals surface area contributed by atoms with Gasteiger partial charge in [0.25, 0.3) is 11.8 Å². The van der Waals surface area contributed by atoms with Crippen molar-refractivity contribution in [2.24, 2.45) is 5.14 Å². The Labute approximate surface area is 236 Å². The molecule has 5 aromatic rings. The third kappa shape index (κ3) is 6.07. The van der Waals surface area contributed by atoms with Gasteiger partial charge in [0.15, 0.2) is 11.8 Å². The zero-order chi connectivity index (χ0) is 30.1. The molecule has 0 aliphatic carbocycles. The van der Waals surface area contributed by atoms with Crippen molar-refractivity contribution in [2.75, 3.05) is 0 Å². The van der Waals surface area contributed by atoms with Crippen molar-refractivity contribution in [3.05, 3.63) is 102 Å². The van der Waals surface area contributed by atoms with E-state index in [0.717, 1.165) is 10.9 Å². The summed E-state index contributed by atoms with van der Waals surface area (Å²) in [6.45, 7) is 0.0191. The maximum atomic E-state index is 14.0. The number of aromatic nitrogens is 4. The summed E-state index contributed by atoms with van der Waals surface area (Å²) in [6.07, 6.45) is -5.31. The van der Waals surface area contributed by atoms with Gasteiger partial charge in [-0.15, -0.1) is 0 Å². The van der Waals surface area contributed by atoms with E-state index in [0.29, 0.717) is 11.1 Å². The Bertz CT molecular complexity index is 1820. The number of nitrogens with zero attached hydrogens (tertiary/aromatic N) is 4. The van der Waals surface area contributed by atoms with Crippen molar-refractivity contribution in [3.8, 4) is 28.5 Å². The molecule has 0 spiro atoms. The van der Waals surface area contributed by atoms with E-state index >= 15 is 0 Å². The molecule has 15 heteroatoms. The molecule has 2 heterocycles. The first-order valence-corrected chi connectivity index (χ1v) is 13.7. The summed E-state index contributed by atoms with van der Waals surface area (Å²) in [6, 6.07) is 19.2. The van der Waals surface area contributed by atoms with Gasteiger partial charge in [0.2, 0.25) is 15.8 Å². The van der Waals surface area contributed by atoms with Crippen LogP contribution in [0.4, 0.5) is 13.2 Å². The van der Waals surface area contributed by atoms with Crippen LogP contribution in [-0.4, -0.2) is 39.4 Å². The largest absolute Gasteiger partial charge is 0.434 e. The molecule has 0 aliphatic rings. The van der Waals surface area contributed by atoms with Crippen LogP contribution in [0.15, 0.2) is 94.5 Å². The summed E-state index contributed by atoms with van der Waals surface area (Å²) in [4.78, 5) is 16.5. The van der Waals surface area contributed by atoms with Crippen LogP contribution in [0, 0.1) is 0 Å². The smallest absolute Gasteiger partial charge is 0.378 e. The van der Waals surface area contributed by atoms with Crippen LogP contribution in [0.1, 0.15) is 22.9 Å². The zero-order valence-electron chi connectivity index (χ0n) is 21.4. The van der Waals surface area contributed by atoms with Crippen molar-refractivity contribution < 1.29 is 36.0 Å². The molecule has 3 aromatic carbocycles. The van der Waals surface area contributed by atoms with Crippen LogP contribution >= 0.6 is 0 Å². The lowest BCUT2D eigenvalue weighted by atomic mass is 10.1. The number of nitrogens with one attached hydrogen (secondary N) is 1. The molecule has 0 unspecified atom stereocenters. The van der Waals surface area contributed by atoms with Crippen molar-refractivity contribution in [1.82, 2.24) is 25.2 Å². The number of carbonyl (C=O) groups excluding carboxylic acids is 1. The topological polar surface area (TPSA) is 166 Å². The van der Waals surface area contributed by atoms with Crippen LogP contribution in [0.3, 0.4) is 0 Å².